The largest absolute Gasteiger partial charge is 0.345 e. The maximum absolute atomic E-state index is 12.9. The van der Waals surface area contributed by atoms with E-state index < -0.39 is 48.2 Å². The molecule has 9 heteroatoms. The van der Waals surface area contributed by atoms with Gasteiger partial charge in [0.25, 0.3) is 5.91 Å². The van der Waals surface area contributed by atoms with Crippen LogP contribution in [0.15, 0.2) is 24.3 Å². The molecule has 0 bridgehead atoms. The van der Waals surface area contributed by atoms with Gasteiger partial charge in [-0.3, -0.25) is 9.59 Å². The number of hydrogen-bond donors (Lipinski definition) is 2. The van der Waals surface area contributed by atoms with Gasteiger partial charge in [-0.05, 0) is 52.3 Å². The number of amides is 2. The minimum atomic E-state index is -0.998. The van der Waals surface area contributed by atoms with Crippen molar-refractivity contribution in [3.05, 3.63) is 29.8 Å². The molecule has 3 aliphatic rings. The minimum absolute atomic E-state index is 0.203. The van der Waals surface area contributed by atoms with Gasteiger partial charge in [0.15, 0.2) is 24.0 Å². The number of fused-ring (bicyclic) bond motifs is 3. The zero-order chi connectivity index (χ0) is 21.7. The normalized spacial score (nSPS) is 33.4. The van der Waals surface area contributed by atoms with Crippen LogP contribution in [0.5, 0.6) is 0 Å². The van der Waals surface area contributed by atoms with E-state index in [9.17, 15) is 9.59 Å². The van der Waals surface area contributed by atoms with E-state index in [0.29, 0.717) is 5.69 Å². The number of aryl methyl sites for hydroxylation is 1. The van der Waals surface area contributed by atoms with E-state index in [2.05, 4.69) is 10.6 Å². The lowest BCUT2D eigenvalue weighted by Gasteiger charge is -2.36. The molecule has 3 saturated heterocycles. The van der Waals surface area contributed by atoms with E-state index in [1.165, 1.54) is 0 Å². The second-order valence-electron chi connectivity index (χ2n) is 8.73. The molecule has 3 aliphatic heterocycles. The molecule has 0 aliphatic carbocycles. The van der Waals surface area contributed by atoms with Gasteiger partial charge in [-0.15, -0.1) is 0 Å². The predicted molar refractivity (Wildman–Crippen MR) is 105 cm³/mol. The number of carbonyl (C=O) groups is 2. The molecule has 4 rings (SSSR count). The summed E-state index contributed by atoms with van der Waals surface area (Å²) in [6, 6.07) is 7.41. The molecule has 3 heterocycles. The van der Waals surface area contributed by atoms with Crippen LogP contribution >= 0.6 is 0 Å². The fourth-order valence-electron chi connectivity index (χ4n) is 4.02. The number of rotatable bonds is 4. The zero-order valence-corrected chi connectivity index (χ0v) is 17.8. The molecule has 0 radical (unpaired) electrons. The van der Waals surface area contributed by atoms with Crippen LogP contribution in [0.4, 0.5) is 5.69 Å². The molecule has 1 aromatic rings. The lowest BCUT2D eigenvalue weighted by Crippen LogP contribution is -2.59. The molecule has 3 fully saturated rings. The molecule has 0 unspecified atom stereocenters. The Morgan fingerprint density at radius 1 is 0.967 bits per heavy atom. The van der Waals surface area contributed by atoms with Gasteiger partial charge in [-0.25, -0.2) is 0 Å². The molecule has 9 nitrogen and oxygen atoms in total. The van der Waals surface area contributed by atoms with Crippen LogP contribution in [-0.4, -0.2) is 60.6 Å². The van der Waals surface area contributed by atoms with Gasteiger partial charge in [-0.2, -0.15) is 0 Å². The zero-order valence-electron chi connectivity index (χ0n) is 17.8. The Labute approximate surface area is 175 Å². The lowest BCUT2D eigenvalue weighted by atomic mass is 9.98. The van der Waals surface area contributed by atoms with Crippen LogP contribution < -0.4 is 10.6 Å². The topological polar surface area (TPSA) is 104 Å². The summed E-state index contributed by atoms with van der Waals surface area (Å²) in [6.45, 7) is 8.82. The van der Waals surface area contributed by atoms with E-state index >= 15 is 0 Å². The SMILES string of the molecule is Cc1cccc(NC(=O)CNC(=O)[C@@H]2O[C@@H]3OC(C)(C)O[C@H]3[C@H]3OC(C)(C)O[C@@H]32)c1. The Morgan fingerprint density at radius 3 is 2.37 bits per heavy atom. The van der Waals surface area contributed by atoms with Gasteiger partial charge in [-0.1, -0.05) is 12.1 Å². The molecule has 5 atom stereocenters. The van der Waals surface area contributed by atoms with Crippen LogP contribution in [0.2, 0.25) is 0 Å². The van der Waals surface area contributed by atoms with E-state index in [1.54, 1.807) is 33.8 Å². The lowest BCUT2D eigenvalue weighted by molar-refractivity contribution is -0.231. The Morgan fingerprint density at radius 2 is 1.63 bits per heavy atom. The summed E-state index contributed by atoms with van der Waals surface area (Å²) in [5, 5.41) is 5.37. The summed E-state index contributed by atoms with van der Waals surface area (Å²) in [5.41, 5.74) is 1.69. The molecule has 164 valence electrons. The molecule has 2 N–H and O–H groups in total. The van der Waals surface area contributed by atoms with Crippen molar-refractivity contribution in [1.29, 1.82) is 0 Å². The monoisotopic (exact) mass is 420 g/mol. The highest BCUT2D eigenvalue weighted by Gasteiger charge is 2.62. The Balaban J connectivity index is 1.41. The summed E-state index contributed by atoms with van der Waals surface area (Å²) < 4.78 is 29.5. The third-order valence-corrected chi connectivity index (χ3v) is 5.14. The molecule has 30 heavy (non-hydrogen) atoms. The minimum Gasteiger partial charge on any atom is -0.345 e. The van der Waals surface area contributed by atoms with Crippen molar-refractivity contribution >= 4 is 17.5 Å². The average molecular weight is 420 g/mol. The highest BCUT2D eigenvalue weighted by atomic mass is 16.9. The van der Waals surface area contributed by atoms with Crippen molar-refractivity contribution in [2.75, 3.05) is 11.9 Å². The Bertz CT molecular complexity index is 840. The summed E-state index contributed by atoms with van der Waals surface area (Å²) in [6.07, 6.45) is -3.49. The molecule has 0 spiro atoms. The molecule has 0 saturated carbocycles. The second kappa shape index (κ2) is 7.58. The van der Waals surface area contributed by atoms with Crippen molar-refractivity contribution in [2.24, 2.45) is 0 Å². The number of benzene rings is 1. The van der Waals surface area contributed by atoms with Crippen molar-refractivity contribution in [1.82, 2.24) is 5.32 Å². The van der Waals surface area contributed by atoms with Crippen molar-refractivity contribution in [3.8, 4) is 0 Å². The Hall–Kier alpha value is -2.04. The number of nitrogens with one attached hydrogen (secondary N) is 2. The second-order valence-corrected chi connectivity index (χ2v) is 8.73. The maximum Gasteiger partial charge on any atom is 0.252 e. The Kier molecular flexibility index (Phi) is 5.36. The quantitative estimate of drug-likeness (QED) is 0.760. The van der Waals surface area contributed by atoms with Gasteiger partial charge in [0, 0.05) is 5.69 Å². The fourth-order valence-corrected chi connectivity index (χ4v) is 4.02. The van der Waals surface area contributed by atoms with Gasteiger partial charge < -0.3 is 34.3 Å². The van der Waals surface area contributed by atoms with Gasteiger partial charge >= 0.3 is 0 Å². The molecular formula is C21H28N2O7. The third kappa shape index (κ3) is 4.35. The smallest absolute Gasteiger partial charge is 0.252 e. The van der Waals surface area contributed by atoms with E-state index in [-0.39, 0.29) is 12.5 Å². The summed E-state index contributed by atoms with van der Waals surface area (Å²) in [7, 11) is 0. The van der Waals surface area contributed by atoms with E-state index in [0.717, 1.165) is 5.56 Å². The number of hydrogen-bond acceptors (Lipinski definition) is 7. The van der Waals surface area contributed by atoms with Crippen LogP contribution in [-0.2, 0) is 33.3 Å². The highest BCUT2D eigenvalue weighted by Crippen LogP contribution is 2.44. The predicted octanol–water partition coefficient (Wildman–Crippen LogP) is 1.45. The van der Waals surface area contributed by atoms with Gasteiger partial charge in [0.2, 0.25) is 5.91 Å². The van der Waals surface area contributed by atoms with E-state index in [4.69, 9.17) is 23.7 Å². The van der Waals surface area contributed by atoms with Gasteiger partial charge in [0.05, 0.1) is 6.54 Å². The standard InChI is InChI=1S/C21H28N2O7/c1-11-7-6-8-12(9-11)23-13(24)10-22-18(25)16-14-15(28-20(2,3)27-14)17-19(26-16)30-21(4,5)29-17/h6-9,14-17,19H,10H2,1-5H3,(H,22,25)(H,23,24)/t14-,15-,16+,17-,19+/m0/s1. The number of anilines is 1. The summed E-state index contributed by atoms with van der Waals surface area (Å²) in [5.74, 6) is -2.58. The maximum atomic E-state index is 12.9. The van der Waals surface area contributed by atoms with Crippen molar-refractivity contribution in [3.63, 3.8) is 0 Å². The van der Waals surface area contributed by atoms with Crippen LogP contribution in [0.3, 0.4) is 0 Å². The van der Waals surface area contributed by atoms with Crippen molar-refractivity contribution < 1.29 is 33.3 Å². The van der Waals surface area contributed by atoms with Gasteiger partial charge in [0.1, 0.15) is 18.3 Å². The molecule has 1 aromatic carbocycles. The first kappa shape index (κ1) is 21.2. The number of ether oxygens (including phenoxy) is 5. The summed E-state index contributed by atoms with van der Waals surface area (Å²) in [4.78, 5) is 25.1. The van der Waals surface area contributed by atoms with Crippen LogP contribution in [0, 0.1) is 6.92 Å². The van der Waals surface area contributed by atoms with Crippen LogP contribution in [0.1, 0.15) is 33.3 Å². The van der Waals surface area contributed by atoms with Crippen LogP contribution in [0.25, 0.3) is 0 Å². The molecular weight excluding hydrogens is 392 g/mol. The molecule has 0 aromatic heterocycles. The first-order valence-electron chi connectivity index (χ1n) is 10.0. The fraction of sp³-hybridized carbons (Fsp3) is 0.619. The number of carbonyl (C=O) groups excluding carboxylic acids is 2. The van der Waals surface area contributed by atoms with E-state index in [1.807, 2.05) is 25.1 Å². The summed E-state index contributed by atoms with van der Waals surface area (Å²) >= 11 is 0. The van der Waals surface area contributed by atoms with Crippen molar-refractivity contribution in [2.45, 2.75) is 76.9 Å². The molecule has 2 amide bonds. The average Bonchev–Trinajstić information content (AvgIpc) is 3.12. The third-order valence-electron chi connectivity index (χ3n) is 5.14. The first-order valence-corrected chi connectivity index (χ1v) is 10.0. The highest BCUT2D eigenvalue weighted by molar-refractivity contribution is 5.95. The first-order chi connectivity index (χ1) is 14.0.